The minimum Gasteiger partial charge on any atom is -0.455 e. The van der Waals surface area contributed by atoms with Gasteiger partial charge >= 0.3 is 5.97 Å². The summed E-state index contributed by atoms with van der Waals surface area (Å²) >= 11 is 7.04. The van der Waals surface area contributed by atoms with Gasteiger partial charge in [0, 0.05) is 5.69 Å². The summed E-state index contributed by atoms with van der Waals surface area (Å²) in [5, 5.41) is 5.70. The lowest BCUT2D eigenvalue weighted by molar-refractivity contribution is -0.144. The lowest BCUT2D eigenvalue weighted by Gasteiger charge is -2.08. The fraction of sp³-hybridized carbons (Fsp3) is 0.211. The van der Waals surface area contributed by atoms with E-state index in [-0.39, 0.29) is 17.4 Å². The third-order valence-corrected chi connectivity index (χ3v) is 4.50. The summed E-state index contributed by atoms with van der Waals surface area (Å²) in [6.07, 6.45) is 0. The number of aryl methyl sites for hydroxylation is 1. The first-order chi connectivity index (χ1) is 12.9. The average Bonchev–Trinajstić information content (AvgIpc) is 2.62. The number of thioether (sulfide) groups is 1. The highest BCUT2D eigenvalue weighted by molar-refractivity contribution is 8.00. The molecule has 0 saturated heterocycles. The highest BCUT2D eigenvalue weighted by atomic mass is 35.5. The summed E-state index contributed by atoms with van der Waals surface area (Å²) in [5.41, 5.74) is 2.20. The quantitative estimate of drug-likeness (QED) is 0.655. The fourth-order valence-corrected chi connectivity index (χ4v) is 2.88. The number of hydrogen-bond acceptors (Lipinski definition) is 5. The number of ether oxygens (including phenoxy) is 1. The summed E-state index contributed by atoms with van der Waals surface area (Å²) in [4.78, 5) is 35.3. The molecule has 0 heterocycles. The van der Waals surface area contributed by atoms with Crippen LogP contribution in [0, 0.1) is 6.92 Å². The number of rotatable bonds is 8. The molecule has 0 atom stereocenters. The van der Waals surface area contributed by atoms with Crippen LogP contribution >= 0.6 is 23.4 Å². The Morgan fingerprint density at radius 1 is 1.00 bits per heavy atom. The Morgan fingerprint density at radius 2 is 1.78 bits per heavy atom. The van der Waals surface area contributed by atoms with Gasteiger partial charge in [-0.3, -0.25) is 14.4 Å². The van der Waals surface area contributed by atoms with Gasteiger partial charge in [-0.25, -0.2) is 0 Å². The van der Waals surface area contributed by atoms with E-state index in [0.29, 0.717) is 16.4 Å². The number of benzene rings is 2. The lowest BCUT2D eigenvalue weighted by Crippen LogP contribution is -2.22. The molecule has 0 aliphatic rings. The van der Waals surface area contributed by atoms with E-state index in [2.05, 4.69) is 10.6 Å². The minimum atomic E-state index is -0.572. The van der Waals surface area contributed by atoms with Gasteiger partial charge in [0.2, 0.25) is 5.91 Å². The first-order valence-electron chi connectivity index (χ1n) is 8.08. The van der Waals surface area contributed by atoms with E-state index in [4.69, 9.17) is 16.3 Å². The maximum atomic E-state index is 11.8. The number of hydrogen-bond donors (Lipinski definition) is 2. The highest BCUT2D eigenvalue weighted by Gasteiger charge is 2.11. The molecule has 8 heteroatoms. The number of carbonyl (C=O) groups excluding carboxylic acids is 3. The van der Waals surface area contributed by atoms with Crippen LogP contribution in [0.2, 0.25) is 5.02 Å². The van der Waals surface area contributed by atoms with Crippen LogP contribution in [0.3, 0.4) is 0 Å². The molecule has 27 heavy (non-hydrogen) atoms. The second-order valence-corrected chi connectivity index (χ2v) is 6.99. The van der Waals surface area contributed by atoms with Gasteiger partial charge < -0.3 is 15.4 Å². The SMILES string of the molecule is Cc1cccc(NC(=O)CSCC(=O)OCC(=O)Nc2ccccc2Cl)c1. The number of halogens is 1. The summed E-state index contributed by atoms with van der Waals surface area (Å²) in [5.74, 6) is -1.19. The van der Waals surface area contributed by atoms with Crippen molar-refractivity contribution in [2.75, 3.05) is 28.7 Å². The van der Waals surface area contributed by atoms with E-state index in [9.17, 15) is 14.4 Å². The molecule has 0 fully saturated rings. The Kier molecular flexibility index (Phi) is 8.16. The summed E-state index contributed by atoms with van der Waals surface area (Å²) < 4.78 is 4.89. The predicted molar refractivity (Wildman–Crippen MR) is 108 cm³/mol. The van der Waals surface area contributed by atoms with Crippen LogP contribution in [0.1, 0.15) is 5.56 Å². The van der Waals surface area contributed by atoms with Crippen LogP contribution in [0.5, 0.6) is 0 Å². The Morgan fingerprint density at radius 3 is 2.52 bits per heavy atom. The lowest BCUT2D eigenvalue weighted by atomic mass is 10.2. The molecular weight excluding hydrogens is 388 g/mol. The second-order valence-electron chi connectivity index (χ2n) is 5.60. The number of esters is 1. The number of anilines is 2. The molecule has 2 amide bonds. The van der Waals surface area contributed by atoms with Crippen molar-refractivity contribution >= 4 is 52.5 Å². The molecule has 6 nitrogen and oxygen atoms in total. The minimum absolute atomic E-state index is 0.0272. The van der Waals surface area contributed by atoms with Gasteiger partial charge in [-0.15, -0.1) is 11.8 Å². The van der Waals surface area contributed by atoms with Gasteiger partial charge in [0.25, 0.3) is 5.91 Å². The molecule has 2 aromatic rings. The monoisotopic (exact) mass is 406 g/mol. The Balaban J connectivity index is 1.63. The largest absolute Gasteiger partial charge is 0.455 e. The molecule has 2 N–H and O–H groups in total. The maximum absolute atomic E-state index is 11.8. The van der Waals surface area contributed by atoms with Crippen LogP contribution in [0.25, 0.3) is 0 Å². The van der Waals surface area contributed by atoms with Crippen molar-refractivity contribution < 1.29 is 19.1 Å². The van der Waals surface area contributed by atoms with Crippen molar-refractivity contribution in [3.63, 3.8) is 0 Å². The Hall–Kier alpha value is -2.51. The number of nitrogens with one attached hydrogen (secondary N) is 2. The van der Waals surface area contributed by atoms with Crippen LogP contribution in [0.15, 0.2) is 48.5 Å². The fourth-order valence-electron chi connectivity index (χ4n) is 2.08. The molecule has 0 unspecified atom stereocenters. The van der Waals surface area contributed by atoms with Crippen molar-refractivity contribution in [1.29, 1.82) is 0 Å². The smallest absolute Gasteiger partial charge is 0.316 e. The van der Waals surface area contributed by atoms with E-state index in [1.807, 2.05) is 25.1 Å². The van der Waals surface area contributed by atoms with E-state index >= 15 is 0 Å². The Bertz CT molecular complexity index is 829. The maximum Gasteiger partial charge on any atom is 0.316 e. The molecule has 0 aliphatic heterocycles. The average molecular weight is 407 g/mol. The molecule has 0 saturated carbocycles. The first-order valence-corrected chi connectivity index (χ1v) is 9.61. The van der Waals surface area contributed by atoms with Crippen LogP contribution in [0.4, 0.5) is 11.4 Å². The van der Waals surface area contributed by atoms with Crippen molar-refractivity contribution in [1.82, 2.24) is 0 Å². The van der Waals surface area contributed by atoms with Crippen LogP contribution in [-0.2, 0) is 19.1 Å². The summed E-state index contributed by atoms with van der Waals surface area (Å²) in [6, 6.07) is 14.2. The second kappa shape index (κ2) is 10.6. The zero-order chi connectivity index (χ0) is 19.6. The topological polar surface area (TPSA) is 84.5 Å². The van der Waals surface area contributed by atoms with E-state index in [1.54, 1.807) is 30.3 Å². The van der Waals surface area contributed by atoms with Crippen molar-refractivity contribution in [3.05, 3.63) is 59.1 Å². The van der Waals surface area contributed by atoms with E-state index in [0.717, 1.165) is 17.3 Å². The van der Waals surface area contributed by atoms with Crippen molar-refractivity contribution in [2.24, 2.45) is 0 Å². The normalized spacial score (nSPS) is 10.1. The molecule has 142 valence electrons. The standard InChI is InChI=1S/C19H19ClN2O4S/c1-13-5-4-6-14(9-13)21-18(24)11-27-12-19(25)26-10-17(23)22-16-8-3-2-7-15(16)20/h2-9H,10-12H2,1H3,(H,21,24)(H,22,23). The van der Waals surface area contributed by atoms with Gasteiger partial charge in [-0.05, 0) is 36.8 Å². The third-order valence-electron chi connectivity index (χ3n) is 3.27. The van der Waals surface area contributed by atoms with Gasteiger partial charge in [-0.1, -0.05) is 35.9 Å². The summed E-state index contributed by atoms with van der Waals surface area (Å²) in [6.45, 7) is 1.52. The van der Waals surface area contributed by atoms with Crippen molar-refractivity contribution in [2.45, 2.75) is 6.92 Å². The highest BCUT2D eigenvalue weighted by Crippen LogP contribution is 2.20. The molecule has 0 bridgehead atoms. The molecule has 0 spiro atoms. The van der Waals surface area contributed by atoms with E-state index < -0.39 is 18.5 Å². The number of para-hydroxylation sites is 1. The van der Waals surface area contributed by atoms with Gasteiger partial charge in [-0.2, -0.15) is 0 Å². The van der Waals surface area contributed by atoms with Crippen LogP contribution in [-0.4, -0.2) is 35.9 Å². The van der Waals surface area contributed by atoms with E-state index in [1.165, 1.54) is 0 Å². The molecular formula is C19H19ClN2O4S. The van der Waals surface area contributed by atoms with Crippen LogP contribution < -0.4 is 10.6 Å². The molecule has 0 aliphatic carbocycles. The zero-order valence-electron chi connectivity index (χ0n) is 14.7. The van der Waals surface area contributed by atoms with Gasteiger partial charge in [0.05, 0.1) is 22.2 Å². The molecule has 0 aromatic heterocycles. The first kappa shape index (κ1) is 20.8. The van der Waals surface area contributed by atoms with Gasteiger partial charge in [0.15, 0.2) is 6.61 Å². The number of amides is 2. The van der Waals surface area contributed by atoms with Crippen molar-refractivity contribution in [3.8, 4) is 0 Å². The molecule has 2 rings (SSSR count). The predicted octanol–water partition coefficient (Wildman–Crippen LogP) is 3.50. The zero-order valence-corrected chi connectivity index (χ0v) is 16.2. The third kappa shape index (κ3) is 7.72. The van der Waals surface area contributed by atoms with Gasteiger partial charge in [0.1, 0.15) is 0 Å². The Labute approximate surface area is 166 Å². The summed E-state index contributed by atoms with van der Waals surface area (Å²) in [7, 11) is 0. The molecule has 0 radical (unpaired) electrons. The number of carbonyl (C=O) groups is 3. The molecule has 2 aromatic carbocycles.